The van der Waals surface area contributed by atoms with E-state index in [0.29, 0.717) is 0 Å². The summed E-state index contributed by atoms with van der Waals surface area (Å²) >= 11 is 0. The van der Waals surface area contributed by atoms with Crippen LogP contribution in [0, 0.1) is 11.8 Å². The highest BCUT2D eigenvalue weighted by Gasteiger charge is 1.86. The molecule has 1 aromatic carbocycles. The molecule has 0 atom stereocenters. The Hall–Kier alpha value is -1.46. The summed E-state index contributed by atoms with van der Waals surface area (Å²) in [5, 5.41) is 8.55. The second-order valence-corrected chi connectivity index (χ2v) is 3.10. The van der Waals surface area contributed by atoms with Crippen LogP contribution in [0.5, 0.6) is 0 Å². The summed E-state index contributed by atoms with van der Waals surface area (Å²) in [7, 11) is 0. The molecule has 0 heterocycles. The lowest BCUT2D eigenvalue weighted by atomic mass is 10.2. The van der Waals surface area contributed by atoms with Crippen LogP contribution in [0.1, 0.15) is 24.8 Å². The van der Waals surface area contributed by atoms with Gasteiger partial charge in [0.15, 0.2) is 0 Å². The molecule has 0 spiro atoms. The molecule has 1 aromatic rings. The van der Waals surface area contributed by atoms with Crippen molar-refractivity contribution in [2.45, 2.75) is 19.3 Å². The van der Waals surface area contributed by atoms with Crippen LogP contribution in [0.15, 0.2) is 24.3 Å². The molecule has 74 valence electrons. The van der Waals surface area contributed by atoms with E-state index in [0.717, 1.165) is 30.5 Å². The molecule has 2 heteroatoms. The van der Waals surface area contributed by atoms with Crippen LogP contribution in [-0.4, -0.2) is 11.7 Å². The fourth-order valence-electron chi connectivity index (χ4n) is 1.06. The third kappa shape index (κ3) is 3.97. The van der Waals surface area contributed by atoms with Crippen molar-refractivity contribution in [2.24, 2.45) is 0 Å². The van der Waals surface area contributed by atoms with Crippen LogP contribution >= 0.6 is 0 Å². The van der Waals surface area contributed by atoms with Gasteiger partial charge in [-0.05, 0) is 37.1 Å². The molecule has 0 aromatic heterocycles. The summed E-state index contributed by atoms with van der Waals surface area (Å²) in [5.74, 6) is 6.10. The molecule has 0 bridgehead atoms. The lowest BCUT2D eigenvalue weighted by molar-refractivity contribution is 0.285. The fourth-order valence-corrected chi connectivity index (χ4v) is 1.06. The van der Waals surface area contributed by atoms with Crippen molar-refractivity contribution in [1.82, 2.24) is 0 Å². The van der Waals surface area contributed by atoms with Crippen molar-refractivity contribution in [3.63, 3.8) is 0 Å². The first kappa shape index (κ1) is 10.6. The number of nitrogen functional groups attached to an aromatic ring is 1. The first-order valence-electron chi connectivity index (χ1n) is 4.78. The molecule has 0 aliphatic carbocycles. The molecule has 0 aliphatic rings. The van der Waals surface area contributed by atoms with E-state index in [1.165, 1.54) is 0 Å². The topological polar surface area (TPSA) is 46.2 Å². The second kappa shape index (κ2) is 6.06. The minimum absolute atomic E-state index is 0.254. The van der Waals surface area contributed by atoms with Gasteiger partial charge in [0.1, 0.15) is 0 Å². The Morgan fingerprint density at radius 1 is 1.14 bits per heavy atom. The molecule has 0 amide bonds. The zero-order valence-electron chi connectivity index (χ0n) is 8.16. The van der Waals surface area contributed by atoms with Gasteiger partial charge < -0.3 is 10.8 Å². The number of benzene rings is 1. The average Bonchev–Trinajstić information content (AvgIpc) is 2.21. The minimum atomic E-state index is 0.254. The predicted octanol–water partition coefficient (Wildman–Crippen LogP) is 1.78. The van der Waals surface area contributed by atoms with Gasteiger partial charge in [-0.1, -0.05) is 11.8 Å². The van der Waals surface area contributed by atoms with E-state index in [1.54, 1.807) is 0 Å². The number of aliphatic hydroxyl groups is 1. The van der Waals surface area contributed by atoms with Gasteiger partial charge >= 0.3 is 0 Å². The highest BCUT2D eigenvalue weighted by molar-refractivity contribution is 5.44. The smallest absolute Gasteiger partial charge is 0.0431 e. The maximum Gasteiger partial charge on any atom is 0.0431 e. The molecule has 0 saturated heterocycles. The normalized spacial score (nSPS) is 9.21. The van der Waals surface area contributed by atoms with E-state index in [9.17, 15) is 0 Å². The van der Waals surface area contributed by atoms with Gasteiger partial charge in [-0.3, -0.25) is 0 Å². The third-order valence-corrected chi connectivity index (χ3v) is 1.85. The van der Waals surface area contributed by atoms with Gasteiger partial charge in [-0.15, -0.1) is 0 Å². The maximum absolute atomic E-state index is 8.55. The van der Waals surface area contributed by atoms with E-state index < -0.39 is 0 Å². The zero-order chi connectivity index (χ0) is 10.2. The van der Waals surface area contributed by atoms with Crippen molar-refractivity contribution >= 4 is 5.69 Å². The van der Waals surface area contributed by atoms with Gasteiger partial charge in [0.2, 0.25) is 0 Å². The molecule has 2 nitrogen and oxygen atoms in total. The average molecular weight is 189 g/mol. The third-order valence-electron chi connectivity index (χ3n) is 1.85. The Morgan fingerprint density at radius 2 is 1.86 bits per heavy atom. The summed E-state index contributed by atoms with van der Waals surface area (Å²) in [6.45, 7) is 0.254. The van der Waals surface area contributed by atoms with Crippen LogP contribution in [-0.2, 0) is 0 Å². The minimum Gasteiger partial charge on any atom is -0.399 e. The van der Waals surface area contributed by atoms with Crippen LogP contribution < -0.4 is 5.73 Å². The highest BCUT2D eigenvalue weighted by Crippen LogP contribution is 2.03. The predicted molar refractivity (Wildman–Crippen MR) is 58.7 cm³/mol. The first-order chi connectivity index (χ1) is 6.83. The van der Waals surface area contributed by atoms with E-state index in [1.807, 2.05) is 24.3 Å². The van der Waals surface area contributed by atoms with Crippen LogP contribution in [0.25, 0.3) is 0 Å². The molecule has 14 heavy (non-hydrogen) atoms. The van der Waals surface area contributed by atoms with E-state index in [4.69, 9.17) is 10.8 Å². The maximum atomic E-state index is 8.55. The Morgan fingerprint density at radius 3 is 2.50 bits per heavy atom. The largest absolute Gasteiger partial charge is 0.399 e. The molecule has 1 rings (SSSR count). The van der Waals surface area contributed by atoms with Gasteiger partial charge in [-0.2, -0.15) is 0 Å². The van der Waals surface area contributed by atoms with E-state index >= 15 is 0 Å². The number of unbranched alkanes of at least 4 members (excludes halogenated alkanes) is 2. The molecule has 0 fully saturated rings. The number of hydrogen-bond acceptors (Lipinski definition) is 2. The standard InChI is InChI=1S/C12H15NO/c13-12-8-6-11(7-9-12)5-3-1-2-4-10-14/h6-9,14H,1-2,4,10,13H2. The lowest BCUT2D eigenvalue weighted by Gasteiger charge is -1.92. The van der Waals surface area contributed by atoms with Crippen molar-refractivity contribution in [1.29, 1.82) is 0 Å². The van der Waals surface area contributed by atoms with Crippen molar-refractivity contribution < 1.29 is 5.11 Å². The van der Waals surface area contributed by atoms with Crippen molar-refractivity contribution in [2.75, 3.05) is 12.3 Å². The lowest BCUT2D eigenvalue weighted by Crippen LogP contribution is -1.83. The quantitative estimate of drug-likeness (QED) is 0.432. The Balaban J connectivity index is 2.39. The summed E-state index contributed by atoms with van der Waals surface area (Å²) < 4.78 is 0. The number of anilines is 1. The number of aliphatic hydroxyl groups excluding tert-OH is 1. The fraction of sp³-hybridized carbons (Fsp3) is 0.333. The molecule has 0 radical (unpaired) electrons. The zero-order valence-corrected chi connectivity index (χ0v) is 8.16. The molecule has 0 aliphatic heterocycles. The van der Waals surface area contributed by atoms with Gasteiger partial charge in [0, 0.05) is 24.3 Å². The van der Waals surface area contributed by atoms with Crippen molar-refractivity contribution in [3.05, 3.63) is 29.8 Å². The molecule has 0 unspecified atom stereocenters. The highest BCUT2D eigenvalue weighted by atomic mass is 16.2. The van der Waals surface area contributed by atoms with E-state index in [2.05, 4.69) is 11.8 Å². The van der Waals surface area contributed by atoms with Crippen LogP contribution in [0.3, 0.4) is 0 Å². The Labute approximate surface area is 84.8 Å². The molecular formula is C12H15NO. The number of hydrogen-bond donors (Lipinski definition) is 2. The summed E-state index contributed by atoms with van der Waals surface area (Å²) in [6, 6.07) is 7.51. The Kier molecular flexibility index (Phi) is 4.60. The van der Waals surface area contributed by atoms with Crippen molar-refractivity contribution in [3.8, 4) is 11.8 Å². The second-order valence-electron chi connectivity index (χ2n) is 3.10. The number of rotatable bonds is 3. The summed E-state index contributed by atoms with van der Waals surface area (Å²) in [4.78, 5) is 0. The van der Waals surface area contributed by atoms with Gasteiger partial charge in [0.25, 0.3) is 0 Å². The van der Waals surface area contributed by atoms with Crippen LogP contribution in [0.4, 0.5) is 5.69 Å². The molecule has 3 N–H and O–H groups in total. The number of nitrogens with two attached hydrogens (primary N) is 1. The van der Waals surface area contributed by atoms with E-state index in [-0.39, 0.29) is 6.61 Å². The molecular weight excluding hydrogens is 174 g/mol. The Bertz CT molecular complexity index is 318. The first-order valence-corrected chi connectivity index (χ1v) is 4.78. The monoisotopic (exact) mass is 189 g/mol. The summed E-state index contributed by atoms with van der Waals surface area (Å²) in [6.07, 6.45) is 2.62. The molecule has 0 saturated carbocycles. The van der Waals surface area contributed by atoms with Gasteiger partial charge in [-0.25, -0.2) is 0 Å². The summed E-state index contributed by atoms with van der Waals surface area (Å²) in [5.41, 5.74) is 7.29. The van der Waals surface area contributed by atoms with Gasteiger partial charge in [0.05, 0.1) is 0 Å². The SMILES string of the molecule is Nc1ccc(C#CCCCCO)cc1. The van der Waals surface area contributed by atoms with Crippen LogP contribution in [0.2, 0.25) is 0 Å².